The molecule has 0 aliphatic heterocycles. The Morgan fingerprint density at radius 2 is 2.05 bits per heavy atom. The summed E-state index contributed by atoms with van der Waals surface area (Å²) in [4.78, 5) is 4.30. The molecule has 0 spiro atoms. The first-order valence-electron chi connectivity index (χ1n) is 5.82. The SMILES string of the molecule is C#CCC(N)c1nc(-c2cc(C)c(Br)c(C)c2)no1. The van der Waals surface area contributed by atoms with Gasteiger partial charge in [0.05, 0.1) is 6.04 Å². The second-order valence-corrected chi connectivity index (χ2v) is 5.19. The lowest BCUT2D eigenvalue weighted by atomic mass is 10.1. The Labute approximate surface area is 120 Å². The molecule has 98 valence electrons. The van der Waals surface area contributed by atoms with E-state index in [1.807, 2.05) is 26.0 Å². The number of halogens is 1. The molecule has 1 unspecified atom stereocenters. The van der Waals surface area contributed by atoms with E-state index in [1.165, 1.54) is 0 Å². The zero-order valence-corrected chi connectivity index (χ0v) is 12.4. The molecule has 2 N–H and O–H groups in total. The van der Waals surface area contributed by atoms with Gasteiger partial charge in [-0.15, -0.1) is 12.3 Å². The molecule has 19 heavy (non-hydrogen) atoms. The maximum atomic E-state index is 5.83. The van der Waals surface area contributed by atoms with Crippen LogP contribution in [0.2, 0.25) is 0 Å². The number of hydrogen-bond acceptors (Lipinski definition) is 4. The standard InChI is InChI=1S/C14H14BrN3O/c1-4-5-11(16)14-17-13(18-19-14)10-6-8(2)12(15)9(3)7-10/h1,6-7,11H,5,16H2,2-3H3. The normalized spacial score (nSPS) is 12.2. The van der Waals surface area contributed by atoms with E-state index in [0.717, 1.165) is 21.2 Å². The molecule has 0 radical (unpaired) electrons. The second-order valence-electron chi connectivity index (χ2n) is 4.39. The van der Waals surface area contributed by atoms with E-state index in [-0.39, 0.29) is 0 Å². The van der Waals surface area contributed by atoms with Gasteiger partial charge in [-0.05, 0) is 37.1 Å². The van der Waals surface area contributed by atoms with Crippen molar-refractivity contribution in [1.82, 2.24) is 10.1 Å². The molecule has 0 aliphatic rings. The molecule has 1 aromatic heterocycles. The fourth-order valence-corrected chi connectivity index (χ4v) is 2.02. The van der Waals surface area contributed by atoms with Gasteiger partial charge < -0.3 is 10.3 Å². The molecule has 0 saturated heterocycles. The summed E-state index contributed by atoms with van der Waals surface area (Å²) in [5, 5.41) is 3.95. The topological polar surface area (TPSA) is 64.9 Å². The van der Waals surface area contributed by atoms with E-state index in [0.29, 0.717) is 18.1 Å². The van der Waals surface area contributed by atoms with Crippen LogP contribution in [-0.2, 0) is 0 Å². The molecular formula is C14H14BrN3O. The van der Waals surface area contributed by atoms with E-state index < -0.39 is 6.04 Å². The first-order valence-corrected chi connectivity index (χ1v) is 6.62. The van der Waals surface area contributed by atoms with Crippen LogP contribution < -0.4 is 5.73 Å². The molecule has 0 aliphatic carbocycles. The van der Waals surface area contributed by atoms with Crippen LogP contribution in [0, 0.1) is 26.2 Å². The average molecular weight is 320 g/mol. The first kappa shape index (κ1) is 13.8. The Bertz CT molecular complexity index is 619. The van der Waals surface area contributed by atoms with Gasteiger partial charge in [-0.25, -0.2) is 0 Å². The van der Waals surface area contributed by atoms with Gasteiger partial charge in [0.1, 0.15) is 0 Å². The number of hydrogen-bond donors (Lipinski definition) is 1. The van der Waals surface area contributed by atoms with E-state index in [4.69, 9.17) is 16.7 Å². The average Bonchev–Trinajstić information content (AvgIpc) is 2.85. The van der Waals surface area contributed by atoms with Crippen molar-refractivity contribution in [2.24, 2.45) is 5.73 Å². The third-order valence-corrected chi connectivity index (χ3v) is 4.04. The van der Waals surface area contributed by atoms with Crippen molar-refractivity contribution in [2.75, 3.05) is 0 Å². The van der Waals surface area contributed by atoms with Gasteiger partial charge in [-0.3, -0.25) is 0 Å². The molecule has 1 atom stereocenters. The van der Waals surface area contributed by atoms with Crippen molar-refractivity contribution in [3.05, 3.63) is 33.6 Å². The zero-order valence-electron chi connectivity index (χ0n) is 10.8. The fourth-order valence-electron chi connectivity index (χ4n) is 1.79. The largest absolute Gasteiger partial charge is 0.337 e. The van der Waals surface area contributed by atoms with Crippen LogP contribution in [0.25, 0.3) is 11.4 Å². The van der Waals surface area contributed by atoms with Crippen molar-refractivity contribution >= 4 is 15.9 Å². The minimum absolute atomic E-state index is 0.367. The third kappa shape index (κ3) is 2.86. The van der Waals surface area contributed by atoms with Crippen LogP contribution in [0.1, 0.15) is 29.5 Å². The van der Waals surface area contributed by atoms with Crippen molar-refractivity contribution in [2.45, 2.75) is 26.3 Å². The summed E-state index contributed by atoms with van der Waals surface area (Å²) in [6.07, 6.45) is 5.59. The van der Waals surface area contributed by atoms with Gasteiger partial charge in [-0.1, -0.05) is 21.1 Å². The molecule has 0 fully saturated rings. The Hall–Kier alpha value is -1.64. The van der Waals surface area contributed by atoms with Gasteiger partial charge in [0.25, 0.3) is 0 Å². The number of nitrogens with zero attached hydrogens (tertiary/aromatic N) is 2. The second kappa shape index (κ2) is 5.55. The van der Waals surface area contributed by atoms with Gasteiger partial charge >= 0.3 is 0 Å². The number of terminal acetylenes is 1. The summed E-state index contributed by atoms with van der Waals surface area (Å²) >= 11 is 3.53. The zero-order chi connectivity index (χ0) is 14.0. The highest BCUT2D eigenvalue weighted by Gasteiger charge is 2.15. The molecule has 1 aromatic carbocycles. The lowest BCUT2D eigenvalue weighted by molar-refractivity contribution is 0.357. The minimum Gasteiger partial charge on any atom is -0.337 e. The minimum atomic E-state index is -0.413. The molecule has 1 heterocycles. The Kier molecular flexibility index (Phi) is 4.03. The maximum Gasteiger partial charge on any atom is 0.244 e. The molecule has 4 nitrogen and oxygen atoms in total. The molecular weight excluding hydrogens is 306 g/mol. The Morgan fingerprint density at radius 1 is 1.42 bits per heavy atom. The van der Waals surface area contributed by atoms with Gasteiger partial charge in [0, 0.05) is 16.5 Å². The van der Waals surface area contributed by atoms with Gasteiger partial charge in [-0.2, -0.15) is 4.98 Å². The van der Waals surface area contributed by atoms with Crippen molar-refractivity contribution in [1.29, 1.82) is 0 Å². The highest BCUT2D eigenvalue weighted by Crippen LogP contribution is 2.27. The summed E-state index contributed by atoms with van der Waals surface area (Å²) in [7, 11) is 0. The summed E-state index contributed by atoms with van der Waals surface area (Å²) in [5.41, 5.74) is 8.98. The van der Waals surface area contributed by atoms with E-state index in [1.54, 1.807) is 0 Å². The Morgan fingerprint density at radius 3 is 2.63 bits per heavy atom. The number of benzene rings is 1. The maximum absolute atomic E-state index is 5.83. The fraction of sp³-hybridized carbons (Fsp3) is 0.286. The van der Waals surface area contributed by atoms with Crippen LogP contribution in [0.15, 0.2) is 21.1 Å². The quantitative estimate of drug-likeness (QED) is 0.883. The predicted octanol–water partition coefficient (Wildman–Crippen LogP) is 3.14. The van der Waals surface area contributed by atoms with Crippen molar-refractivity contribution in [3.8, 4) is 23.7 Å². The summed E-state index contributed by atoms with van der Waals surface area (Å²) in [6, 6.07) is 3.58. The molecule has 5 heteroatoms. The smallest absolute Gasteiger partial charge is 0.244 e. The van der Waals surface area contributed by atoms with E-state index >= 15 is 0 Å². The number of aromatic nitrogens is 2. The van der Waals surface area contributed by atoms with Gasteiger partial charge in [0.15, 0.2) is 0 Å². The summed E-state index contributed by atoms with van der Waals surface area (Å²) in [6.45, 7) is 4.04. The highest BCUT2D eigenvalue weighted by atomic mass is 79.9. The molecule has 0 bridgehead atoms. The van der Waals surface area contributed by atoms with Crippen LogP contribution in [-0.4, -0.2) is 10.1 Å². The monoisotopic (exact) mass is 319 g/mol. The van der Waals surface area contributed by atoms with E-state index in [9.17, 15) is 0 Å². The predicted molar refractivity (Wildman–Crippen MR) is 77.3 cm³/mol. The van der Waals surface area contributed by atoms with Crippen molar-refractivity contribution < 1.29 is 4.52 Å². The lowest BCUT2D eigenvalue weighted by Crippen LogP contribution is -2.09. The lowest BCUT2D eigenvalue weighted by Gasteiger charge is -2.04. The van der Waals surface area contributed by atoms with Crippen molar-refractivity contribution in [3.63, 3.8) is 0 Å². The van der Waals surface area contributed by atoms with E-state index in [2.05, 4.69) is 32.0 Å². The van der Waals surface area contributed by atoms with Crippen LogP contribution in [0.5, 0.6) is 0 Å². The van der Waals surface area contributed by atoms with Crippen LogP contribution in [0.3, 0.4) is 0 Å². The molecule has 0 saturated carbocycles. The van der Waals surface area contributed by atoms with Crippen LogP contribution >= 0.6 is 15.9 Å². The number of rotatable bonds is 3. The highest BCUT2D eigenvalue weighted by molar-refractivity contribution is 9.10. The summed E-state index contributed by atoms with van der Waals surface area (Å²) in [5.74, 6) is 3.38. The van der Waals surface area contributed by atoms with Crippen LogP contribution in [0.4, 0.5) is 0 Å². The summed E-state index contributed by atoms with van der Waals surface area (Å²) < 4.78 is 6.24. The first-order chi connectivity index (χ1) is 9.02. The molecule has 2 aromatic rings. The Balaban J connectivity index is 2.36. The number of aryl methyl sites for hydroxylation is 2. The van der Waals surface area contributed by atoms with Gasteiger partial charge in [0.2, 0.25) is 11.7 Å². The number of nitrogens with two attached hydrogens (primary N) is 1. The third-order valence-electron chi connectivity index (χ3n) is 2.79. The molecule has 2 rings (SSSR count). The molecule has 0 amide bonds.